The maximum absolute atomic E-state index is 11.6. The fraction of sp³-hybridized carbons (Fsp3) is 0.750. The molecule has 5 heteroatoms. The molecule has 0 aromatic carbocycles. The van der Waals surface area contributed by atoms with Crippen LogP contribution < -0.4 is 0 Å². The Morgan fingerprint density at radius 3 is 2.76 bits per heavy atom. The first kappa shape index (κ1) is 16.4. The van der Waals surface area contributed by atoms with Gasteiger partial charge in [-0.1, -0.05) is 34.1 Å². The van der Waals surface area contributed by atoms with Gasteiger partial charge < -0.3 is 5.11 Å². The minimum atomic E-state index is -0.638. The van der Waals surface area contributed by atoms with E-state index in [1.165, 1.54) is 0 Å². The van der Waals surface area contributed by atoms with Crippen molar-refractivity contribution in [1.29, 1.82) is 0 Å². The number of carbonyl (C=O) groups is 1. The van der Waals surface area contributed by atoms with Gasteiger partial charge in [-0.2, -0.15) is 0 Å². The minimum Gasteiger partial charge on any atom is -0.481 e. The molecule has 1 aliphatic heterocycles. The van der Waals surface area contributed by atoms with Crippen LogP contribution in [0.15, 0.2) is 5.38 Å². The average molecular weight is 310 g/mol. The number of rotatable bonds is 5. The molecule has 4 nitrogen and oxygen atoms in total. The molecule has 118 valence electrons. The highest BCUT2D eigenvalue weighted by atomic mass is 32.1. The Morgan fingerprint density at radius 2 is 2.24 bits per heavy atom. The Kier molecular flexibility index (Phi) is 4.73. The van der Waals surface area contributed by atoms with E-state index < -0.39 is 11.4 Å². The lowest BCUT2D eigenvalue weighted by Crippen LogP contribution is -2.34. The highest BCUT2D eigenvalue weighted by Gasteiger charge is 2.43. The van der Waals surface area contributed by atoms with Gasteiger partial charge >= 0.3 is 5.97 Å². The number of hydrogen-bond donors (Lipinski definition) is 1. The van der Waals surface area contributed by atoms with E-state index in [0.29, 0.717) is 6.54 Å². The van der Waals surface area contributed by atoms with Crippen LogP contribution in [-0.2, 0) is 16.8 Å². The number of carboxylic acids is 1. The lowest BCUT2D eigenvalue weighted by molar-refractivity contribution is -0.148. The minimum absolute atomic E-state index is 0.0762. The number of thiazole rings is 1. The van der Waals surface area contributed by atoms with Crippen LogP contribution in [0.4, 0.5) is 0 Å². The average Bonchev–Trinajstić information content (AvgIpc) is 2.98. The SMILES string of the molecule is CCCC1(C(=O)O)CCN(Cc2nc(C(C)(C)C)cs2)C1. The summed E-state index contributed by atoms with van der Waals surface area (Å²) < 4.78 is 0. The smallest absolute Gasteiger partial charge is 0.310 e. The number of aliphatic carboxylic acids is 1. The molecule has 0 saturated carbocycles. The highest BCUT2D eigenvalue weighted by Crippen LogP contribution is 2.36. The van der Waals surface area contributed by atoms with E-state index in [2.05, 4.69) is 38.0 Å². The van der Waals surface area contributed by atoms with E-state index in [1.807, 2.05) is 0 Å². The molecule has 1 saturated heterocycles. The lowest BCUT2D eigenvalue weighted by Gasteiger charge is -2.24. The van der Waals surface area contributed by atoms with Gasteiger partial charge in [0.1, 0.15) is 5.01 Å². The second-order valence-corrected chi connectivity index (χ2v) is 8.12. The van der Waals surface area contributed by atoms with Crippen LogP contribution >= 0.6 is 11.3 Å². The summed E-state index contributed by atoms with van der Waals surface area (Å²) in [5, 5.41) is 12.8. The first-order valence-electron chi connectivity index (χ1n) is 7.67. The Labute approximate surface area is 131 Å². The number of likely N-dealkylation sites (tertiary alicyclic amines) is 1. The van der Waals surface area contributed by atoms with Crippen LogP contribution in [0.5, 0.6) is 0 Å². The van der Waals surface area contributed by atoms with Gasteiger partial charge in [0.15, 0.2) is 0 Å². The highest BCUT2D eigenvalue weighted by molar-refractivity contribution is 7.09. The molecule has 0 bridgehead atoms. The van der Waals surface area contributed by atoms with Gasteiger partial charge in [-0.3, -0.25) is 9.69 Å². The molecule has 1 aromatic heterocycles. The van der Waals surface area contributed by atoms with Gasteiger partial charge in [-0.05, 0) is 19.4 Å². The molecule has 0 radical (unpaired) electrons. The molecule has 0 amide bonds. The molecule has 2 rings (SSSR count). The number of hydrogen-bond acceptors (Lipinski definition) is 4. The van der Waals surface area contributed by atoms with Gasteiger partial charge in [-0.15, -0.1) is 11.3 Å². The Morgan fingerprint density at radius 1 is 1.52 bits per heavy atom. The number of carboxylic acid groups (broad SMARTS) is 1. The van der Waals surface area contributed by atoms with E-state index in [9.17, 15) is 9.90 Å². The normalized spacial score (nSPS) is 23.6. The fourth-order valence-electron chi connectivity index (χ4n) is 2.98. The van der Waals surface area contributed by atoms with E-state index in [-0.39, 0.29) is 5.41 Å². The zero-order valence-electron chi connectivity index (χ0n) is 13.5. The van der Waals surface area contributed by atoms with Crippen molar-refractivity contribution in [3.05, 3.63) is 16.1 Å². The first-order chi connectivity index (χ1) is 9.77. The summed E-state index contributed by atoms with van der Waals surface area (Å²) in [6.45, 7) is 10.8. The van der Waals surface area contributed by atoms with Crippen molar-refractivity contribution in [3.63, 3.8) is 0 Å². The standard InChI is InChI=1S/C16H26N2O2S/c1-5-6-16(14(19)20)7-8-18(11-16)9-13-17-12(10-21-13)15(2,3)4/h10H,5-9,11H2,1-4H3,(H,19,20). The second kappa shape index (κ2) is 6.05. The van der Waals surface area contributed by atoms with Crippen LogP contribution in [0.2, 0.25) is 0 Å². The summed E-state index contributed by atoms with van der Waals surface area (Å²) in [5.41, 5.74) is 0.658. The third-order valence-electron chi connectivity index (χ3n) is 4.29. The molecule has 2 heterocycles. The zero-order valence-corrected chi connectivity index (χ0v) is 14.3. The molecule has 1 N–H and O–H groups in total. The molecular formula is C16H26N2O2S. The predicted molar refractivity (Wildman–Crippen MR) is 85.7 cm³/mol. The van der Waals surface area contributed by atoms with E-state index in [1.54, 1.807) is 11.3 Å². The first-order valence-corrected chi connectivity index (χ1v) is 8.55. The molecule has 0 spiro atoms. The molecule has 1 unspecified atom stereocenters. The van der Waals surface area contributed by atoms with Crippen molar-refractivity contribution in [3.8, 4) is 0 Å². The van der Waals surface area contributed by atoms with Crippen molar-refractivity contribution >= 4 is 17.3 Å². The number of aromatic nitrogens is 1. The third-order valence-corrected chi connectivity index (χ3v) is 5.13. The Bertz CT molecular complexity index is 507. The van der Waals surface area contributed by atoms with E-state index >= 15 is 0 Å². The van der Waals surface area contributed by atoms with Crippen LogP contribution in [0.3, 0.4) is 0 Å². The lowest BCUT2D eigenvalue weighted by atomic mass is 9.83. The summed E-state index contributed by atoms with van der Waals surface area (Å²) in [5.74, 6) is -0.638. The zero-order chi connectivity index (χ0) is 15.7. The summed E-state index contributed by atoms with van der Waals surface area (Å²) in [6, 6.07) is 0. The van der Waals surface area contributed by atoms with Crippen LogP contribution in [0.25, 0.3) is 0 Å². The molecule has 1 aliphatic rings. The van der Waals surface area contributed by atoms with Gasteiger partial charge in [0.25, 0.3) is 0 Å². The van der Waals surface area contributed by atoms with Crippen molar-refractivity contribution in [2.24, 2.45) is 5.41 Å². The maximum Gasteiger partial charge on any atom is 0.310 e. The van der Waals surface area contributed by atoms with Gasteiger partial charge in [0, 0.05) is 17.3 Å². The summed E-state index contributed by atoms with van der Waals surface area (Å²) in [7, 11) is 0. The summed E-state index contributed by atoms with van der Waals surface area (Å²) >= 11 is 1.68. The van der Waals surface area contributed by atoms with Crippen molar-refractivity contribution in [2.75, 3.05) is 13.1 Å². The summed E-state index contributed by atoms with van der Waals surface area (Å²) in [6.07, 6.45) is 2.45. The quantitative estimate of drug-likeness (QED) is 0.904. The van der Waals surface area contributed by atoms with Gasteiger partial charge in [0.2, 0.25) is 0 Å². The van der Waals surface area contributed by atoms with Crippen molar-refractivity contribution < 1.29 is 9.90 Å². The van der Waals surface area contributed by atoms with Crippen LogP contribution in [0, 0.1) is 5.41 Å². The molecule has 0 aliphatic carbocycles. The monoisotopic (exact) mass is 310 g/mol. The van der Waals surface area contributed by atoms with E-state index in [0.717, 1.165) is 43.1 Å². The third kappa shape index (κ3) is 3.64. The topological polar surface area (TPSA) is 53.4 Å². The maximum atomic E-state index is 11.6. The van der Waals surface area contributed by atoms with Gasteiger partial charge in [-0.25, -0.2) is 4.98 Å². The molecular weight excluding hydrogens is 284 g/mol. The molecule has 21 heavy (non-hydrogen) atoms. The molecule has 1 atom stereocenters. The molecule has 1 fully saturated rings. The summed E-state index contributed by atoms with van der Waals surface area (Å²) in [4.78, 5) is 18.6. The van der Waals surface area contributed by atoms with Gasteiger partial charge in [0.05, 0.1) is 17.7 Å². The Hall–Kier alpha value is -0.940. The Balaban J connectivity index is 2.02. The molecule has 1 aromatic rings. The second-order valence-electron chi connectivity index (χ2n) is 7.17. The van der Waals surface area contributed by atoms with E-state index in [4.69, 9.17) is 4.98 Å². The van der Waals surface area contributed by atoms with Crippen molar-refractivity contribution in [2.45, 2.75) is 58.9 Å². The van der Waals surface area contributed by atoms with Crippen molar-refractivity contribution in [1.82, 2.24) is 9.88 Å². The van der Waals surface area contributed by atoms with Crippen LogP contribution in [0.1, 0.15) is 57.7 Å². The predicted octanol–water partition coefficient (Wildman–Crippen LogP) is 3.52. The largest absolute Gasteiger partial charge is 0.481 e. The number of nitrogens with zero attached hydrogens (tertiary/aromatic N) is 2. The van der Waals surface area contributed by atoms with Crippen LogP contribution in [-0.4, -0.2) is 34.0 Å². The fourth-order valence-corrected chi connectivity index (χ4v) is 4.04.